The fraction of sp³-hybridized carbons (Fsp3) is 0.125. The monoisotopic (exact) mass is 400 g/mol. The average molecular weight is 401 g/mol. The van der Waals surface area contributed by atoms with Gasteiger partial charge in [0, 0.05) is 23.3 Å². The van der Waals surface area contributed by atoms with Gasteiger partial charge >= 0.3 is 0 Å². The minimum atomic E-state index is -0.220. The van der Waals surface area contributed by atoms with Crippen LogP contribution in [-0.2, 0) is 0 Å². The molecule has 0 spiro atoms. The molecule has 0 aliphatic rings. The Kier molecular flexibility index (Phi) is 5.32. The lowest BCUT2D eigenvalue weighted by Gasteiger charge is -2.10. The first-order valence-electron chi connectivity index (χ1n) is 9.33. The Hall–Kier alpha value is -3.18. The second kappa shape index (κ2) is 8.05. The SMILES string of the molecule is Cc1ccc(C(=O)CSc2nccn(-c3cccc4ccccc34)c2=O)c(C)c1. The highest BCUT2D eigenvalue weighted by Crippen LogP contribution is 2.22. The van der Waals surface area contributed by atoms with E-state index in [0.29, 0.717) is 10.6 Å². The van der Waals surface area contributed by atoms with E-state index in [4.69, 9.17) is 0 Å². The predicted octanol–water partition coefficient (Wildman–Crippen LogP) is 4.98. The number of ketones is 1. The molecular weight excluding hydrogens is 380 g/mol. The van der Waals surface area contributed by atoms with E-state index in [-0.39, 0.29) is 17.1 Å². The predicted molar refractivity (Wildman–Crippen MR) is 118 cm³/mol. The number of benzene rings is 3. The number of nitrogens with zero attached hydrogens (tertiary/aromatic N) is 2. The molecule has 3 aromatic carbocycles. The highest BCUT2D eigenvalue weighted by molar-refractivity contribution is 7.99. The summed E-state index contributed by atoms with van der Waals surface area (Å²) in [6, 6.07) is 19.6. The standard InChI is InChI=1S/C24H20N2O2S/c1-16-10-11-19(17(2)14-16)22(27)15-29-23-24(28)26(13-12-25-23)21-9-5-7-18-6-3-4-8-20(18)21/h3-14H,15H2,1-2H3. The van der Waals surface area contributed by atoms with Gasteiger partial charge < -0.3 is 0 Å². The van der Waals surface area contributed by atoms with E-state index in [1.54, 1.807) is 17.0 Å². The number of aromatic nitrogens is 2. The molecule has 0 aliphatic heterocycles. The van der Waals surface area contributed by atoms with Crippen molar-refractivity contribution in [3.63, 3.8) is 0 Å². The zero-order valence-corrected chi connectivity index (χ0v) is 17.1. The van der Waals surface area contributed by atoms with Crippen molar-refractivity contribution in [1.82, 2.24) is 9.55 Å². The van der Waals surface area contributed by atoms with Crippen LogP contribution in [0.15, 0.2) is 82.9 Å². The van der Waals surface area contributed by atoms with E-state index in [2.05, 4.69) is 4.98 Å². The first kappa shape index (κ1) is 19.2. The zero-order chi connectivity index (χ0) is 20.4. The van der Waals surface area contributed by atoms with Crippen molar-refractivity contribution in [3.05, 3.63) is 100 Å². The summed E-state index contributed by atoms with van der Waals surface area (Å²) in [5, 5.41) is 2.37. The van der Waals surface area contributed by atoms with Gasteiger partial charge in [0.15, 0.2) is 10.8 Å². The number of fused-ring (bicyclic) bond motifs is 1. The minimum Gasteiger partial charge on any atom is -0.293 e. The smallest absolute Gasteiger partial charge is 0.287 e. The molecule has 4 nitrogen and oxygen atoms in total. The lowest BCUT2D eigenvalue weighted by Crippen LogP contribution is -2.21. The molecule has 0 atom stereocenters. The molecule has 0 fully saturated rings. The summed E-state index contributed by atoms with van der Waals surface area (Å²) in [6.07, 6.45) is 3.27. The molecule has 0 unspecified atom stereocenters. The average Bonchev–Trinajstić information content (AvgIpc) is 2.72. The third-order valence-electron chi connectivity index (χ3n) is 4.86. The van der Waals surface area contributed by atoms with Gasteiger partial charge in [0.1, 0.15) is 0 Å². The Morgan fingerprint density at radius 2 is 1.83 bits per heavy atom. The first-order chi connectivity index (χ1) is 14.0. The van der Waals surface area contributed by atoms with Crippen LogP contribution in [0.1, 0.15) is 21.5 Å². The Morgan fingerprint density at radius 3 is 2.66 bits per heavy atom. The Labute approximate surface area is 173 Å². The van der Waals surface area contributed by atoms with Crippen molar-refractivity contribution in [3.8, 4) is 5.69 Å². The summed E-state index contributed by atoms with van der Waals surface area (Å²) in [7, 11) is 0. The molecule has 1 aromatic heterocycles. The van der Waals surface area contributed by atoms with Gasteiger partial charge in [-0.3, -0.25) is 14.2 Å². The molecule has 0 saturated heterocycles. The number of thioether (sulfide) groups is 1. The van der Waals surface area contributed by atoms with Gasteiger partial charge in [0.25, 0.3) is 5.56 Å². The number of Topliss-reactive ketones (excluding diaryl/α,β-unsaturated/α-hetero) is 1. The number of hydrogen-bond acceptors (Lipinski definition) is 4. The Balaban J connectivity index is 1.63. The van der Waals surface area contributed by atoms with Crippen molar-refractivity contribution in [1.29, 1.82) is 0 Å². The Morgan fingerprint density at radius 1 is 1.03 bits per heavy atom. The van der Waals surface area contributed by atoms with Crippen LogP contribution in [0.3, 0.4) is 0 Å². The molecule has 1 heterocycles. The summed E-state index contributed by atoms with van der Waals surface area (Å²) >= 11 is 1.18. The number of hydrogen-bond donors (Lipinski definition) is 0. The van der Waals surface area contributed by atoms with Crippen LogP contribution >= 0.6 is 11.8 Å². The van der Waals surface area contributed by atoms with E-state index >= 15 is 0 Å². The maximum atomic E-state index is 13.0. The topological polar surface area (TPSA) is 52.0 Å². The molecule has 0 aliphatic carbocycles. The van der Waals surface area contributed by atoms with Gasteiger partial charge in [-0.1, -0.05) is 71.9 Å². The van der Waals surface area contributed by atoms with Gasteiger partial charge in [-0.15, -0.1) is 0 Å². The summed E-state index contributed by atoms with van der Waals surface area (Å²) in [5.41, 5.74) is 3.34. The van der Waals surface area contributed by atoms with Gasteiger partial charge in [-0.05, 0) is 30.9 Å². The van der Waals surface area contributed by atoms with E-state index in [9.17, 15) is 9.59 Å². The third kappa shape index (κ3) is 3.87. The molecule has 4 aromatic rings. The van der Waals surface area contributed by atoms with Crippen molar-refractivity contribution in [2.75, 3.05) is 5.75 Å². The lowest BCUT2D eigenvalue weighted by atomic mass is 10.0. The van der Waals surface area contributed by atoms with Gasteiger partial charge in [-0.2, -0.15) is 0 Å². The number of rotatable bonds is 5. The summed E-state index contributed by atoms with van der Waals surface area (Å²) in [4.78, 5) is 29.9. The van der Waals surface area contributed by atoms with Crippen LogP contribution in [0, 0.1) is 13.8 Å². The molecule has 29 heavy (non-hydrogen) atoms. The van der Waals surface area contributed by atoms with Crippen LogP contribution < -0.4 is 5.56 Å². The van der Waals surface area contributed by atoms with Gasteiger partial charge in [0.2, 0.25) is 0 Å². The molecule has 0 saturated carbocycles. The van der Waals surface area contributed by atoms with Crippen molar-refractivity contribution < 1.29 is 4.79 Å². The first-order valence-corrected chi connectivity index (χ1v) is 10.3. The fourth-order valence-electron chi connectivity index (χ4n) is 3.44. The van der Waals surface area contributed by atoms with E-state index in [1.165, 1.54) is 11.8 Å². The normalized spacial score (nSPS) is 11.0. The lowest BCUT2D eigenvalue weighted by molar-refractivity contribution is 0.102. The van der Waals surface area contributed by atoms with E-state index < -0.39 is 0 Å². The molecule has 144 valence electrons. The van der Waals surface area contributed by atoms with Gasteiger partial charge in [-0.25, -0.2) is 4.98 Å². The maximum absolute atomic E-state index is 13.0. The fourth-order valence-corrected chi connectivity index (χ4v) is 4.22. The molecule has 0 N–H and O–H groups in total. The quantitative estimate of drug-likeness (QED) is 0.350. The Bertz CT molecular complexity index is 1270. The van der Waals surface area contributed by atoms with E-state index in [1.807, 2.05) is 74.5 Å². The summed E-state index contributed by atoms with van der Waals surface area (Å²) < 4.78 is 1.60. The van der Waals surface area contributed by atoms with Crippen LogP contribution in [0.5, 0.6) is 0 Å². The molecule has 0 radical (unpaired) electrons. The summed E-state index contributed by atoms with van der Waals surface area (Å²) in [6.45, 7) is 3.93. The van der Waals surface area contributed by atoms with Crippen molar-refractivity contribution in [2.45, 2.75) is 18.9 Å². The largest absolute Gasteiger partial charge is 0.293 e. The maximum Gasteiger partial charge on any atom is 0.287 e. The highest BCUT2D eigenvalue weighted by Gasteiger charge is 2.14. The minimum absolute atomic E-state index is 0.00531. The molecule has 0 amide bonds. The van der Waals surface area contributed by atoms with Crippen LogP contribution in [0.25, 0.3) is 16.5 Å². The van der Waals surface area contributed by atoms with Crippen molar-refractivity contribution >= 4 is 28.3 Å². The second-order valence-corrected chi connectivity index (χ2v) is 7.90. The second-order valence-electron chi connectivity index (χ2n) is 6.94. The molecule has 4 rings (SSSR count). The molecule has 5 heteroatoms. The van der Waals surface area contributed by atoms with E-state index in [0.717, 1.165) is 27.6 Å². The van der Waals surface area contributed by atoms with Crippen molar-refractivity contribution in [2.24, 2.45) is 0 Å². The number of aryl methyl sites for hydroxylation is 2. The number of carbonyl (C=O) groups is 1. The van der Waals surface area contributed by atoms with Crippen LogP contribution in [0.2, 0.25) is 0 Å². The highest BCUT2D eigenvalue weighted by atomic mass is 32.2. The van der Waals surface area contributed by atoms with Gasteiger partial charge in [0.05, 0.1) is 11.4 Å². The zero-order valence-electron chi connectivity index (χ0n) is 16.3. The van der Waals surface area contributed by atoms with Crippen LogP contribution in [-0.4, -0.2) is 21.1 Å². The number of carbonyl (C=O) groups excluding carboxylic acids is 1. The molecule has 0 bridgehead atoms. The third-order valence-corrected chi connectivity index (χ3v) is 5.82. The summed E-state index contributed by atoms with van der Waals surface area (Å²) in [5.74, 6) is 0.167. The van der Waals surface area contributed by atoms with Crippen LogP contribution in [0.4, 0.5) is 0 Å². The molecular formula is C24H20N2O2S.